The number of carbonyl (C=O) groups is 3. The third-order valence-electron chi connectivity index (χ3n) is 4.17. The van der Waals surface area contributed by atoms with Gasteiger partial charge in [0.15, 0.2) is 0 Å². The molecule has 0 saturated carbocycles. The lowest BCUT2D eigenvalue weighted by atomic mass is 9.95. The Balaban J connectivity index is 1.71. The van der Waals surface area contributed by atoms with Gasteiger partial charge in [-0.05, 0) is 42.9 Å². The second-order valence-corrected chi connectivity index (χ2v) is 7.01. The molecule has 3 rings (SSSR count). The van der Waals surface area contributed by atoms with E-state index in [4.69, 9.17) is 4.74 Å². The van der Waals surface area contributed by atoms with Crippen molar-refractivity contribution in [3.63, 3.8) is 0 Å². The number of nitrogens with one attached hydrogen (secondary N) is 2. The van der Waals surface area contributed by atoms with E-state index in [1.54, 1.807) is 24.5 Å². The van der Waals surface area contributed by atoms with Gasteiger partial charge in [-0.2, -0.15) is 0 Å². The van der Waals surface area contributed by atoms with Crippen molar-refractivity contribution in [2.75, 3.05) is 12.4 Å². The molecule has 136 valence electrons. The number of ether oxygens (including phenoxy) is 1. The van der Waals surface area contributed by atoms with Crippen LogP contribution >= 0.6 is 11.3 Å². The van der Waals surface area contributed by atoms with Gasteiger partial charge in [0.2, 0.25) is 0 Å². The zero-order valence-electron chi connectivity index (χ0n) is 14.3. The molecule has 0 fully saturated rings. The number of pyridine rings is 1. The molecule has 0 spiro atoms. The molecule has 0 bridgehead atoms. The van der Waals surface area contributed by atoms with Crippen molar-refractivity contribution in [1.82, 2.24) is 10.3 Å². The fourth-order valence-corrected chi connectivity index (χ4v) is 4.17. The smallest absolute Gasteiger partial charge is 0.341 e. The molecule has 0 radical (unpaired) electrons. The van der Waals surface area contributed by atoms with Crippen LogP contribution in [0.3, 0.4) is 0 Å². The molecule has 26 heavy (non-hydrogen) atoms. The molecule has 1 aliphatic rings. The van der Waals surface area contributed by atoms with Crippen molar-refractivity contribution >= 4 is 34.1 Å². The Morgan fingerprint density at radius 2 is 2.04 bits per heavy atom. The summed E-state index contributed by atoms with van der Waals surface area (Å²) < 4.78 is 4.86. The van der Waals surface area contributed by atoms with Crippen LogP contribution in [0.4, 0.5) is 5.00 Å². The summed E-state index contributed by atoms with van der Waals surface area (Å²) in [5, 5.41) is 5.49. The monoisotopic (exact) mass is 373 g/mol. The number of hydrogen-bond acceptors (Lipinski definition) is 6. The topological polar surface area (TPSA) is 97.4 Å². The zero-order valence-corrected chi connectivity index (χ0v) is 15.1. The van der Waals surface area contributed by atoms with Gasteiger partial charge in [-0.15, -0.1) is 11.3 Å². The van der Waals surface area contributed by atoms with Gasteiger partial charge in [0.25, 0.3) is 0 Å². The van der Waals surface area contributed by atoms with E-state index in [-0.39, 0.29) is 6.54 Å². The molecular formula is C18H19N3O4S. The Morgan fingerprint density at radius 1 is 1.23 bits per heavy atom. The highest BCUT2D eigenvalue weighted by Gasteiger charge is 2.28. The fourth-order valence-electron chi connectivity index (χ4n) is 2.90. The number of anilines is 1. The van der Waals surface area contributed by atoms with Crippen molar-refractivity contribution in [2.45, 2.75) is 32.2 Å². The molecule has 0 aromatic carbocycles. The van der Waals surface area contributed by atoms with Crippen LogP contribution in [0.1, 0.15) is 39.2 Å². The van der Waals surface area contributed by atoms with E-state index in [9.17, 15) is 14.4 Å². The van der Waals surface area contributed by atoms with Gasteiger partial charge in [-0.25, -0.2) is 4.79 Å². The normalized spacial score (nSPS) is 12.8. The summed E-state index contributed by atoms with van der Waals surface area (Å²) >= 11 is 1.34. The van der Waals surface area contributed by atoms with Crippen LogP contribution < -0.4 is 10.6 Å². The number of esters is 1. The zero-order chi connectivity index (χ0) is 18.5. The minimum atomic E-state index is -0.808. The first-order chi connectivity index (χ1) is 12.6. The summed E-state index contributed by atoms with van der Waals surface area (Å²) in [6, 6.07) is 3.55. The molecule has 2 N–H and O–H groups in total. The summed E-state index contributed by atoms with van der Waals surface area (Å²) in [5.41, 5.74) is 2.09. The quantitative estimate of drug-likeness (QED) is 0.632. The Bertz CT molecular complexity index is 832. The number of nitrogens with zero attached hydrogens (tertiary/aromatic N) is 1. The first kappa shape index (κ1) is 18.1. The van der Waals surface area contributed by atoms with E-state index in [2.05, 4.69) is 15.6 Å². The van der Waals surface area contributed by atoms with Crippen LogP contribution in [0.2, 0.25) is 0 Å². The third kappa shape index (κ3) is 3.91. The maximum absolute atomic E-state index is 12.2. The largest absolute Gasteiger partial charge is 0.465 e. The molecule has 7 nitrogen and oxygen atoms in total. The lowest BCUT2D eigenvalue weighted by molar-refractivity contribution is -0.136. The number of fused-ring (bicyclic) bond motifs is 1. The minimum absolute atomic E-state index is 0.199. The standard InChI is InChI=1S/C18H19N3O4S/c1-25-18(24)14-12-6-2-3-7-13(12)26-17(14)21-16(23)15(22)20-10-11-5-4-8-19-9-11/h4-5,8-9H,2-3,6-7,10H2,1H3,(H,20,22)(H,21,23). The van der Waals surface area contributed by atoms with Gasteiger partial charge >= 0.3 is 17.8 Å². The minimum Gasteiger partial charge on any atom is -0.465 e. The van der Waals surface area contributed by atoms with E-state index in [0.29, 0.717) is 10.6 Å². The average molecular weight is 373 g/mol. The van der Waals surface area contributed by atoms with Gasteiger partial charge in [0.1, 0.15) is 5.00 Å². The van der Waals surface area contributed by atoms with Crippen molar-refractivity contribution in [2.24, 2.45) is 0 Å². The molecule has 2 aromatic rings. The first-order valence-corrected chi connectivity index (χ1v) is 9.12. The number of thiophene rings is 1. The molecule has 2 amide bonds. The first-order valence-electron chi connectivity index (χ1n) is 8.31. The van der Waals surface area contributed by atoms with E-state index in [1.165, 1.54) is 18.4 Å². The molecule has 8 heteroatoms. The van der Waals surface area contributed by atoms with Crippen molar-refractivity contribution in [1.29, 1.82) is 0 Å². The third-order valence-corrected chi connectivity index (χ3v) is 5.38. The Hall–Kier alpha value is -2.74. The second kappa shape index (κ2) is 8.09. The van der Waals surface area contributed by atoms with E-state index < -0.39 is 17.8 Å². The fraction of sp³-hybridized carbons (Fsp3) is 0.333. The Labute approximate surface area is 154 Å². The molecule has 2 aromatic heterocycles. The number of carbonyl (C=O) groups excluding carboxylic acids is 3. The van der Waals surface area contributed by atoms with Crippen LogP contribution in [0.25, 0.3) is 0 Å². The summed E-state index contributed by atoms with van der Waals surface area (Å²) in [6.07, 6.45) is 6.93. The van der Waals surface area contributed by atoms with Gasteiger partial charge < -0.3 is 15.4 Å². The molecular weight excluding hydrogens is 354 g/mol. The lowest BCUT2D eigenvalue weighted by Crippen LogP contribution is -2.35. The highest BCUT2D eigenvalue weighted by Crippen LogP contribution is 2.38. The summed E-state index contributed by atoms with van der Waals surface area (Å²) in [4.78, 5) is 41.5. The van der Waals surface area contributed by atoms with Gasteiger partial charge in [-0.3, -0.25) is 14.6 Å². The average Bonchev–Trinajstić information content (AvgIpc) is 3.04. The Morgan fingerprint density at radius 3 is 2.77 bits per heavy atom. The van der Waals surface area contributed by atoms with E-state index in [0.717, 1.165) is 41.7 Å². The predicted molar refractivity (Wildman–Crippen MR) is 97.0 cm³/mol. The molecule has 0 aliphatic heterocycles. The van der Waals surface area contributed by atoms with Crippen LogP contribution in [0.15, 0.2) is 24.5 Å². The lowest BCUT2D eigenvalue weighted by Gasteiger charge is -2.11. The van der Waals surface area contributed by atoms with Gasteiger partial charge in [-0.1, -0.05) is 6.07 Å². The van der Waals surface area contributed by atoms with Crippen molar-refractivity contribution in [3.8, 4) is 0 Å². The van der Waals surface area contributed by atoms with Gasteiger partial charge in [0, 0.05) is 23.8 Å². The molecule has 1 aliphatic carbocycles. The Kier molecular flexibility index (Phi) is 5.62. The molecule has 0 saturated heterocycles. The number of rotatable bonds is 4. The number of aromatic nitrogens is 1. The van der Waals surface area contributed by atoms with Crippen LogP contribution in [0, 0.1) is 0 Å². The highest BCUT2D eigenvalue weighted by molar-refractivity contribution is 7.17. The summed E-state index contributed by atoms with van der Waals surface area (Å²) in [7, 11) is 1.31. The predicted octanol–water partition coefficient (Wildman–Crippen LogP) is 2.06. The van der Waals surface area contributed by atoms with Crippen molar-refractivity contribution in [3.05, 3.63) is 46.1 Å². The van der Waals surface area contributed by atoms with E-state index in [1.807, 2.05) is 0 Å². The van der Waals surface area contributed by atoms with Crippen LogP contribution in [-0.4, -0.2) is 29.9 Å². The molecule has 0 atom stereocenters. The second-order valence-electron chi connectivity index (χ2n) is 5.90. The number of amides is 2. The maximum atomic E-state index is 12.2. The van der Waals surface area contributed by atoms with Crippen LogP contribution in [-0.2, 0) is 33.7 Å². The van der Waals surface area contributed by atoms with E-state index >= 15 is 0 Å². The summed E-state index contributed by atoms with van der Waals surface area (Å²) in [6.45, 7) is 0.199. The number of aryl methyl sites for hydroxylation is 1. The SMILES string of the molecule is COC(=O)c1c(NC(=O)C(=O)NCc2cccnc2)sc2c1CCCC2. The number of hydrogen-bond donors (Lipinski definition) is 2. The van der Waals surface area contributed by atoms with Gasteiger partial charge in [0.05, 0.1) is 12.7 Å². The number of methoxy groups -OCH3 is 1. The summed E-state index contributed by atoms with van der Waals surface area (Å²) in [5.74, 6) is -2.07. The van der Waals surface area contributed by atoms with Crippen molar-refractivity contribution < 1.29 is 19.1 Å². The molecule has 0 unspecified atom stereocenters. The molecule has 2 heterocycles. The van der Waals surface area contributed by atoms with Crippen LogP contribution in [0.5, 0.6) is 0 Å². The highest BCUT2D eigenvalue weighted by atomic mass is 32.1. The maximum Gasteiger partial charge on any atom is 0.341 e.